The van der Waals surface area contributed by atoms with Crippen LogP contribution in [0.2, 0.25) is 0 Å². The lowest BCUT2D eigenvalue weighted by atomic mass is 10.1. The topological polar surface area (TPSA) is 57.2 Å². The van der Waals surface area contributed by atoms with E-state index in [1.807, 2.05) is 12.3 Å². The van der Waals surface area contributed by atoms with Gasteiger partial charge in [0.1, 0.15) is 0 Å². The number of nitrogens with zero attached hydrogens (tertiary/aromatic N) is 1. The third kappa shape index (κ3) is 2.11. The molecule has 0 aromatic carbocycles. The Labute approximate surface area is 88.7 Å². The molecule has 0 bridgehead atoms. The van der Waals surface area contributed by atoms with Crippen LogP contribution >= 0.6 is 0 Å². The monoisotopic (exact) mass is 208 g/mol. The van der Waals surface area contributed by atoms with Crippen molar-refractivity contribution >= 4 is 0 Å². The van der Waals surface area contributed by atoms with E-state index in [1.54, 1.807) is 10.6 Å². The zero-order chi connectivity index (χ0) is 10.7. The summed E-state index contributed by atoms with van der Waals surface area (Å²) in [4.78, 5) is 11.9. The van der Waals surface area contributed by atoms with Crippen molar-refractivity contribution in [1.29, 1.82) is 0 Å². The first-order valence-corrected chi connectivity index (χ1v) is 5.31. The molecule has 15 heavy (non-hydrogen) atoms. The van der Waals surface area contributed by atoms with Crippen LogP contribution < -0.4 is 11.3 Å². The van der Waals surface area contributed by atoms with Gasteiger partial charge in [0, 0.05) is 37.6 Å². The maximum atomic E-state index is 11.9. The molecule has 1 aliphatic heterocycles. The van der Waals surface area contributed by atoms with E-state index in [0.29, 0.717) is 12.1 Å². The molecule has 0 atom stereocenters. The number of hydrogen-bond donors (Lipinski definition) is 1. The molecule has 0 amide bonds. The molecule has 1 aromatic heterocycles. The van der Waals surface area contributed by atoms with Crippen molar-refractivity contribution < 1.29 is 4.74 Å². The third-order valence-electron chi connectivity index (χ3n) is 2.86. The first-order chi connectivity index (χ1) is 7.33. The fraction of sp³-hybridized carbons (Fsp3) is 0.545. The van der Waals surface area contributed by atoms with Gasteiger partial charge in [0.05, 0.1) is 0 Å². The highest BCUT2D eigenvalue weighted by molar-refractivity contribution is 5.10. The molecule has 2 heterocycles. The second kappa shape index (κ2) is 4.59. The van der Waals surface area contributed by atoms with Crippen LogP contribution in [0.3, 0.4) is 0 Å². The highest BCUT2D eigenvalue weighted by Gasteiger charge is 2.16. The Hall–Kier alpha value is -1.13. The Morgan fingerprint density at radius 2 is 2.20 bits per heavy atom. The summed E-state index contributed by atoms with van der Waals surface area (Å²) in [6.45, 7) is 1.79. The summed E-state index contributed by atoms with van der Waals surface area (Å²) < 4.78 is 7.07. The number of ether oxygens (including phenoxy) is 1. The van der Waals surface area contributed by atoms with Crippen molar-refractivity contribution in [3.05, 3.63) is 34.2 Å². The molecule has 1 fully saturated rings. The van der Waals surface area contributed by atoms with E-state index in [1.165, 1.54) is 0 Å². The molecule has 0 aliphatic carbocycles. The lowest BCUT2D eigenvalue weighted by Gasteiger charge is -2.24. The largest absolute Gasteiger partial charge is 0.381 e. The van der Waals surface area contributed by atoms with E-state index < -0.39 is 0 Å². The number of pyridine rings is 1. The molecule has 82 valence electrons. The summed E-state index contributed by atoms with van der Waals surface area (Å²) in [6, 6.07) is 3.95. The second-order valence-electron chi connectivity index (χ2n) is 3.79. The van der Waals surface area contributed by atoms with Crippen LogP contribution in [0.5, 0.6) is 0 Å². The quantitative estimate of drug-likeness (QED) is 0.776. The van der Waals surface area contributed by atoms with Crippen LogP contribution in [0, 0.1) is 0 Å². The molecule has 0 spiro atoms. The highest BCUT2D eigenvalue weighted by atomic mass is 16.5. The summed E-state index contributed by atoms with van der Waals surface area (Å²) in [5, 5.41) is 0. The average molecular weight is 208 g/mol. The number of rotatable bonds is 2. The summed E-state index contributed by atoms with van der Waals surface area (Å²) in [7, 11) is 0. The molecule has 0 radical (unpaired) electrons. The van der Waals surface area contributed by atoms with Crippen molar-refractivity contribution in [2.45, 2.75) is 25.4 Å². The van der Waals surface area contributed by atoms with Gasteiger partial charge >= 0.3 is 0 Å². The lowest BCUT2D eigenvalue weighted by Crippen LogP contribution is -2.31. The fourth-order valence-corrected chi connectivity index (χ4v) is 1.96. The van der Waals surface area contributed by atoms with Crippen molar-refractivity contribution in [1.82, 2.24) is 4.57 Å². The molecule has 0 unspecified atom stereocenters. The van der Waals surface area contributed by atoms with Crippen LogP contribution in [0.4, 0.5) is 0 Å². The maximum absolute atomic E-state index is 11.9. The molecule has 4 nitrogen and oxygen atoms in total. The normalized spacial score (nSPS) is 17.9. The van der Waals surface area contributed by atoms with E-state index in [9.17, 15) is 4.79 Å². The van der Waals surface area contributed by atoms with E-state index in [0.717, 1.165) is 26.1 Å². The fourth-order valence-electron chi connectivity index (χ4n) is 1.96. The number of nitrogens with two attached hydrogens (primary N) is 1. The summed E-state index contributed by atoms with van der Waals surface area (Å²) in [5.41, 5.74) is 6.24. The minimum absolute atomic E-state index is 0.0481. The summed E-state index contributed by atoms with van der Waals surface area (Å²) >= 11 is 0. The predicted molar refractivity (Wildman–Crippen MR) is 57.7 cm³/mol. The minimum atomic E-state index is 0.0481. The molecular formula is C11H16N2O2. The molecule has 2 rings (SSSR count). The van der Waals surface area contributed by atoms with Gasteiger partial charge in [-0.2, -0.15) is 0 Å². The van der Waals surface area contributed by atoms with Crippen LogP contribution in [-0.2, 0) is 11.3 Å². The Bertz CT molecular complexity index is 380. The Morgan fingerprint density at radius 3 is 2.87 bits per heavy atom. The van der Waals surface area contributed by atoms with Gasteiger partial charge in [-0.05, 0) is 18.9 Å². The van der Waals surface area contributed by atoms with Crippen molar-refractivity contribution in [3.8, 4) is 0 Å². The van der Waals surface area contributed by atoms with Gasteiger partial charge < -0.3 is 15.0 Å². The molecule has 1 saturated heterocycles. The van der Waals surface area contributed by atoms with E-state index in [4.69, 9.17) is 10.5 Å². The van der Waals surface area contributed by atoms with Crippen LogP contribution in [0.1, 0.15) is 24.4 Å². The van der Waals surface area contributed by atoms with E-state index >= 15 is 0 Å². The SMILES string of the molecule is NCc1cccn(C2CCOCC2)c1=O. The van der Waals surface area contributed by atoms with Crippen LogP contribution in [0.15, 0.2) is 23.1 Å². The van der Waals surface area contributed by atoms with Crippen LogP contribution in [-0.4, -0.2) is 17.8 Å². The Morgan fingerprint density at radius 1 is 1.47 bits per heavy atom. The number of aromatic nitrogens is 1. The minimum Gasteiger partial charge on any atom is -0.381 e. The van der Waals surface area contributed by atoms with Crippen molar-refractivity contribution in [2.24, 2.45) is 5.73 Å². The lowest BCUT2D eigenvalue weighted by molar-refractivity contribution is 0.0686. The third-order valence-corrected chi connectivity index (χ3v) is 2.86. The van der Waals surface area contributed by atoms with E-state index in [-0.39, 0.29) is 11.6 Å². The van der Waals surface area contributed by atoms with Gasteiger partial charge in [-0.1, -0.05) is 6.07 Å². The number of hydrogen-bond acceptors (Lipinski definition) is 3. The predicted octanol–water partition coefficient (Wildman–Crippen LogP) is 0.658. The molecule has 4 heteroatoms. The van der Waals surface area contributed by atoms with Crippen molar-refractivity contribution in [3.63, 3.8) is 0 Å². The molecular weight excluding hydrogens is 192 g/mol. The van der Waals surface area contributed by atoms with Gasteiger partial charge in [0.15, 0.2) is 0 Å². The van der Waals surface area contributed by atoms with Gasteiger partial charge in [-0.3, -0.25) is 4.79 Å². The Balaban J connectivity index is 2.30. The van der Waals surface area contributed by atoms with Crippen LogP contribution in [0.25, 0.3) is 0 Å². The van der Waals surface area contributed by atoms with E-state index in [2.05, 4.69) is 0 Å². The second-order valence-corrected chi connectivity index (χ2v) is 3.79. The maximum Gasteiger partial charge on any atom is 0.255 e. The first kappa shape index (κ1) is 10.4. The molecule has 2 N–H and O–H groups in total. The van der Waals surface area contributed by atoms with Gasteiger partial charge in [-0.25, -0.2) is 0 Å². The summed E-state index contributed by atoms with van der Waals surface area (Å²) in [6.07, 6.45) is 3.67. The van der Waals surface area contributed by atoms with Gasteiger partial charge in [0.25, 0.3) is 5.56 Å². The smallest absolute Gasteiger partial charge is 0.255 e. The molecule has 1 aromatic rings. The molecule has 0 saturated carbocycles. The Kier molecular flexibility index (Phi) is 3.18. The average Bonchev–Trinajstić information content (AvgIpc) is 2.30. The zero-order valence-corrected chi connectivity index (χ0v) is 8.69. The summed E-state index contributed by atoms with van der Waals surface area (Å²) in [5.74, 6) is 0. The standard InChI is InChI=1S/C11H16N2O2/c12-8-9-2-1-5-13(11(9)14)10-3-6-15-7-4-10/h1-2,5,10H,3-4,6-8,12H2. The first-order valence-electron chi connectivity index (χ1n) is 5.31. The molecule has 1 aliphatic rings. The van der Waals surface area contributed by atoms with Gasteiger partial charge in [-0.15, -0.1) is 0 Å². The highest BCUT2D eigenvalue weighted by Crippen LogP contribution is 2.18. The zero-order valence-electron chi connectivity index (χ0n) is 8.69. The van der Waals surface area contributed by atoms with Gasteiger partial charge in [0.2, 0.25) is 0 Å². The van der Waals surface area contributed by atoms with Crippen molar-refractivity contribution in [2.75, 3.05) is 13.2 Å².